The van der Waals surface area contributed by atoms with Crippen molar-refractivity contribution in [3.63, 3.8) is 0 Å². The molecule has 0 bridgehead atoms. The minimum absolute atomic E-state index is 0.0449. The van der Waals surface area contributed by atoms with E-state index in [1.165, 1.54) is 7.11 Å². The third-order valence-electron chi connectivity index (χ3n) is 4.90. The molecule has 2 unspecified atom stereocenters. The predicted molar refractivity (Wildman–Crippen MR) is 85.3 cm³/mol. The SMILES string of the molecule is COC(=O)C1(CCC2CO2)CCCN1CC(=O)c1ccccc1. The lowest BCUT2D eigenvalue weighted by molar-refractivity contribution is -0.153. The van der Waals surface area contributed by atoms with E-state index in [2.05, 4.69) is 0 Å². The van der Waals surface area contributed by atoms with E-state index in [9.17, 15) is 9.59 Å². The minimum Gasteiger partial charge on any atom is -0.468 e. The first kappa shape index (κ1) is 16.1. The Morgan fingerprint density at radius 1 is 1.35 bits per heavy atom. The number of ether oxygens (including phenoxy) is 2. The summed E-state index contributed by atoms with van der Waals surface area (Å²) < 4.78 is 10.3. The first-order valence-electron chi connectivity index (χ1n) is 8.19. The van der Waals surface area contributed by atoms with Crippen LogP contribution < -0.4 is 0 Å². The third-order valence-corrected chi connectivity index (χ3v) is 4.90. The molecule has 0 amide bonds. The third kappa shape index (κ3) is 3.46. The van der Waals surface area contributed by atoms with E-state index in [-0.39, 0.29) is 24.4 Å². The number of esters is 1. The van der Waals surface area contributed by atoms with Crippen LogP contribution in [0.5, 0.6) is 0 Å². The van der Waals surface area contributed by atoms with Crippen LogP contribution >= 0.6 is 0 Å². The molecular formula is C18H23NO4. The average Bonchev–Trinajstić information content (AvgIpc) is 3.34. The smallest absolute Gasteiger partial charge is 0.326 e. The van der Waals surface area contributed by atoms with Crippen LogP contribution in [-0.4, -0.2) is 55.1 Å². The number of ketones is 1. The van der Waals surface area contributed by atoms with Crippen LogP contribution in [0.4, 0.5) is 0 Å². The fraction of sp³-hybridized carbons (Fsp3) is 0.556. The van der Waals surface area contributed by atoms with Crippen molar-refractivity contribution in [3.05, 3.63) is 35.9 Å². The van der Waals surface area contributed by atoms with Crippen molar-refractivity contribution < 1.29 is 19.1 Å². The highest BCUT2D eigenvalue weighted by Gasteiger charge is 2.49. The van der Waals surface area contributed by atoms with Gasteiger partial charge in [0, 0.05) is 5.56 Å². The average molecular weight is 317 g/mol. The van der Waals surface area contributed by atoms with Crippen LogP contribution in [-0.2, 0) is 14.3 Å². The van der Waals surface area contributed by atoms with E-state index in [1.807, 2.05) is 35.2 Å². The van der Waals surface area contributed by atoms with Gasteiger partial charge in [-0.3, -0.25) is 14.5 Å². The Morgan fingerprint density at radius 3 is 2.74 bits per heavy atom. The Kier molecular flexibility index (Phi) is 4.78. The zero-order valence-electron chi connectivity index (χ0n) is 13.5. The molecule has 0 spiro atoms. The van der Waals surface area contributed by atoms with Gasteiger partial charge in [-0.1, -0.05) is 30.3 Å². The van der Waals surface area contributed by atoms with E-state index in [0.29, 0.717) is 12.0 Å². The standard InChI is InChI=1S/C18H23NO4/c1-22-17(21)18(10-8-15-13-23-15)9-5-11-19(18)12-16(20)14-6-3-2-4-7-14/h2-4,6-7,15H,5,8-13H2,1H3. The lowest BCUT2D eigenvalue weighted by Gasteiger charge is -2.35. The maximum Gasteiger partial charge on any atom is 0.326 e. The normalized spacial score (nSPS) is 26.9. The Hall–Kier alpha value is -1.72. The first-order valence-corrected chi connectivity index (χ1v) is 8.19. The molecule has 5 heteroatoms. The Morgan fingerprint density at radius 2 is 2.09 bits per heavy atom. The lowest BCUT2D eigenvalue weighted by Crippen LogP contribution is -2.53. The van der Waals surface area contributed by atoms with Crippen LogP contribution in [0.1, 0.15) is 36.0 Å². The van der Waals surface area contributed by atoms with Crippen molar-refractivity contribution in [2.45, 2.75) is 37.3 Å². The molecule has 23 heavy (non-hydrogen) atoms. The summed E-state index contributed by atoms with van der Waals surface area (Å²) >= 11 is 0. The number of Topliss-reactive ketones (excluding diaryl/α,β-unsaturated/α-hetero) is 1. The molecule has 2 aliphatic rings. The first-order chi connectivity index (χ1) is 11.2. The molecular weight excluding hydrogens is 294 g/mol. The maximum atomic E-state index is 12.5. The number of carbonyl (C=O) groups excluding carboxylic acids is 2. The molecule has 0 aromatic heterocycles. The van der Waals surface area contributed by atoms with Gasteiger partial charge in [0.2, 0.25) is 0 Å². The number of benzene rings is 1. The summed E-state index contributed by atoms with van der Waals surface area (Å²) in [7, 11) is 1.42. The fourth-order valence-electron chi connectivity index (χ4n) is 3.49. The molecule has 1 aromatic rings. The Balaban J connectivity index is 1.74. The van der Waals surface area contributed by atoms with Crippen LogP contribution in [0, 0.1) is 0 Å². The van der Waals surface area contributed by atoms with Gasteiger partial charge < -0.3 is 9.47 Å². The van der Waals surface area contributed by atoms with Gasteiger partial charge >= 0.3 is 5.97 Å². The number of carbonyl (C=O) groups is 2. The van der Waals surface area contributed by atoms with Gasteiger partial charge in [0.25, 0.3) is 0 Å². The van der Waals surface area contributed by atoms with Crippen molar-refractivity contribution in [1.29, 1.82) is 0 Å². The molecule has 2 atom stereocenters. The van der Waals surface area contributed by atoms with Crippen LogP contribution in [0.25, 0.3) is 0 Å². The van der Waals surface area contributed by atoms with Crippen LogP contribution in [0.2, 0.25) is 0 Å². The van der Waals surface area contributed by atoms with Crippen molar-refractivity contribution in [1.82, 2.24) is 4.90 Å². The second kappa shape index (κ2) is 6.81. The molecule has 2 fully saturated rings. The topological polar surface area (TPSA) is 59.1 Å². The molecule has 0 aliphatic carbocycles. The van der Waals surface area contributed by atoms with E-state index < -0.39 is 5.54 Å². The summed E-state index contributed by atoms with van der Waals surface area (Å²) in [5, 5.41) is 0. The molecule has 0 saturated carbocycles. The van der Waals surface area contributed by atoms with E-state index in [4.69, 9.17) is 9.47 Å². The number of hydrogen-bond acceptors (Lipinski definition) is 5. The zero-order valence-corrected chi connectivity index (χ0v) is 13.5. The van der Waals surface area contributed by atoms with Crippen molar-refractivity contribution >= 4 is 11.8 Å². The molecule has 2 heterocycles. The molecule has 0 radical (unpaired) electrons. The molecule has 5 nitrogen and oxygen atoms in total. The molecule has 2 aliphatic heterocycles. The number of rotatable bonds is 7. The van der Waals surface area contributed by atoms with E-state index >= 15 is 0 Å². The van der Waals surface area contributed by atoms with E-state index in [0.717, 1.165) is 32.4 Å². The van der Waals surface area contributed by atoms with Gasteiger partial charge in [0.15, 0.2) is 5.78 Å². The van der Waals surface area contributed by atoms with Gasteiger partial charge in [-0.05, 0) is 32.2 Å². The fourth-order valence-corrected chi connectivity index (χ4v) is 3.49. The lowest BCUT2D eigenvalue weighted by atomic mass is 9.89. The molecule has 0 N–H and O–H groups in total. The van der Waals surface area contributed by atoms with Crippen LogP contribution in [0.15, 0.2) is 30.3 Å². The zero-order chi connectivity index (χ0) is 16.3. The molecule has 124 valence electrons. The van der Waals surface area contributed by atoms with Gasteiger partial charge in [-0.25, -0.2) is 0 Å². The van der Waals surface area contributed by atoms with Crippen molar-refractivity contribution in [2.75, 3.05) is 26.8 Å². The Bertz CT molecular complexity index is 570. The minimum atomic E-state index is -0.675. The van der Waals surface area contributed by atoms with Crippen molar-refractivity contribution in [2.24, 2.45) is 0 Å². The molecule has 1 aromatic carbocycles. The van der Waals surface area contributed by atoms with Gasteiger partial charge in [0.05, 0.1) is 26.4 Å². The number of hydrogen-bond donors (Lipinski definition) is 0. The highest BCUT2D eigenvalue weighted by atomic mass is 16.6. The van der Waals surface area contributed by atoms with Crippen LogP contribution in [0.3, 0.4) is 0 Å². The van der Waals surface area contributed by atoms with Gasteiger partial charge in [0.1, 0.15) is 5.54 Å². The number of likely N-dealkylation sites (tertiary alicyclic amines) is 1. The summed E-state index contributed by atoms with van der Waals surface area (Å²) in [4.78, 5) is 27.0. The Labute approximate surface area is 136 Å². The number of methoxy groups -OCH3 is 1. The van der Waals surface area contributed by atoms with Gasteiger partial charge in [-0.15, -0.1) is 0 Å². The summed E-state index contributed by atoms with van der Waals surface area (Å²) in [5.74, 6) is -0.181. The summed E-state index contributed by atoms with van der Waals surface area (Å²) in [6.45, 7) is 1.78. The largest absolute Gasteiger partial charge is 0.468 e. The summed E-state index contributed by atoms with van der Waals surface area (Å²) in [6.07, 6.45) is 3.44. The summed E-state index contributed by atoms with van der Waals surface area (Å²) in [5.41, 5.74) is 0.00852. The highest BCUT2D eigenvalue weighted by molar-refractivity contribution is 5.98. The number of nitrogens with zero attached hydrogens (tertiary/aromatic N) is 1. The monoisotopic (exact) mass is 317 g/mol. The second-order valence-corrected chi connectivity index (χ2v) is 6.33. The summed E-state index contributed by atoms with van der Waals surface area (Å²) in [6, 6.07) is 9.23. The molecule has 2 saturated heterocycles. The predicted octanol–water partition coefficient (Wildman–Crippen LogP) is 2.06. The molecule has 3 rings (SSSR count). The highest BCUT2D eigenvalue weighted by Crippen LogP contribution is 2.36. The second-order valence-electron chi connectivity index (χ2n) is 6.33. The number of epoxide rings is 1. The quantitative estimate of drug-likeness (QED) is 0.438. The van der Waals surface area contributed by atoms with Crippen molar-refractivity contribution in [3.8, 4) is 0 Å². The maximum absolute atomic E-state index is 12.5. The van der Waals surface area contributed by atoms with E-state index in [1.54, 1.807) is 0 Å². The van der Waals surface area contributed by atoms with Gasteiger partial charge in [-0.2, -0.15) is 0 Å².